The van der Waals surface area contributed by atoms with E-state index in [0.29, 0.717) is 11.4 Å². The molecule has 0 aliphatic carbocycles. The third-order valence-corrected chi connectivity index (χ3v) is 3.54. The number of rotatable bonds is 3. The van der Waals surface area contributed by atoms with Gasteiger partial charge in [0.05, 0.1) is 17.9 Å². The summed E-state index contributed by atoms with van der Waals surface area (Å²) in [5, 5.41) is 17.3. The monoisotopic (exact) mass is 289 g/mol. The van der Waals surface area contributed by atoms with Crippen LogP contribution in [0.2, 0.25) is 0 Å². The first-order valence-electron chi connectivity index (χ1n) is 6.74. The van der Waals surface area contributed by atoms with Crippen molar-refractivity contribution in [3.8, 4) is 11.3 Å². The lowest BCUT2D eigenvalue weighted by Crippen LogP contribution is -2.24. The van der Waals surface area contributed by atoms with Crippen molar-refractivity contribution in [1.29, 1.82) is 0 Å². The van der Waals surface area contributed by atoms with Crippen molar-refractivity contribution in [3.05, 3.63) is 38.8 Å². The van der Waals surface area contributed by atoms with Crippen molar-refractivity contribution < 1.29 is 5.11 Å². The Morgan fingerprint density at radius 1 is 1.24 bits per heavy atom. The van der Waals surface area contributed by atoms with Crippen LogP contribution in [0.1, 0.15) is 18.5 Å². The molecule has 1 fully saturated rings. The fraction of sp³-hybridized carbons (Fsp3) is 0.385. The lowest BCUT2D eigenvalue weighted by molar-refractivity contribution is 0.276. The average Bonchev–Trinajstić information content (AvgIpc) is 3.01. The van der Waals surface area contributed by atoms with Crippen LogP contribution in [0.15, 0.2) is 21.9 Å². The van der Waals surface area contributed by atoms with E-state index in [2.05, 4.69) is 25.1 Å². The van der Waals surface area contributed by atoms with Gasteiger partial charge in [-0.15, -0.1) is 5.10 Å². The zero-order valence-corrected chi connectivity index (χ0v) is 11.3. The van der Waals surface area contributed by atoms with Gasteiger partial charge in [-0.3, -0.25) is 9.78 Å². The van der Waals surface area contributed by atoms with E-state index in [0.717, 1.165) is 31.6 Å². The predicted molar refractivity (Wildman–Crippen MR) is 76.1 cm³/mol. The number of aliphatic hydroxyl groups is 1. The molecule has 1 aliphatic heterocycles. The van der Waals surface area contributed by atoms with E-state index >= 15 is 0 Å². The standard InChI is InChI=1S/C13H15N5O3/c19-7-10-11(18-3-1-2-4-18)5-9(16-17-10)8-6-14-13(21)15-12(8)20/h5-6,19H,1-4,7H2,(H2,14,15,20,21). The Balaban J connectivity index is 2.09. The van der Waals surface area contributed by atoms with Gasteiger partial charge < -0.3 is 15.0 Å². The van der Waals surface area contributed by atoms with Gasteiger partial charge in [0, 0.05) is 19.3 Å². The molecule has 1 saturated heterocycles. The van der Waals surface area contributed by atoms with Gasteiger partial charge in [0.2, 0.25) is 0 Å². The fourth-order valence-electron chi connectivity index (χ4n) is 2.48. The molecule has 1 aliphatic rings. The van der Waals surface area contributed by atoms with Crippen molar-refractivity contribution in [1.82, 2.24) is 20.2 Å². The van der Waals surface area contributed by atoms with Crippen LogP contribution in [0.4, 0.5) is 5.69 Å². The van der Waals surface area contributed by atoms with Gasteiger partial charge in [0.25, 0.3) is 5.56 Å². The van der Waals surface area contributed by atoms with Crippen LogP contribution in [0.3, 0.4) is 0 Å². The van der Waals surface area contributed by atoms with Crippen molar-refractivity contribution >= 4 is 5.69 Å². The highest BCUT2D eigenvalue weighted by molar-refractivity contribution is 5.64. The Bertz CT molecular complexity index is 761. The van der Waals surface area contributed by atoms with E-state index in [1.165, 1.54) is 6.20 Å². The SMILES string of the molecule is O=c1[nH]cc(-c2cc(N3CCCC3)c(CO)nn2)c(=O)[nH]1. The smallest absolute Gasteiger partial charge is 0.325 e. The molecule has 2 aromatic heterocycles. The first kappa shape index (κ1) is 13.5. The summed E-state index contributed by atoms with van der Waals surface area (Å²) in [4.78, 5) is 29.6. The summed E-state index contributed by atoms with van der Waals surface area (Å²) < 4.78 is 0. The fourth-order valence-corrected chi connectivity index (χ4v) is 2.48. The molecule has 0 amide bonds. The van der Waals surface area contributed by atoms with Gasteiger partial charge in [-0.05, 0) is 18.9 Å². The minimum atomic E-state index is -0.566. The van der Waals surface area contributed by atoms with Gasteiger partial charge in [-0.1, -0.05) is 0 Å². The molecule has 0 radical (unpaired) electrons. The van der Waals surface area contributed by atoms with E-state index in [1.807, 2.05) is 0 Å². The molecule has 0 bridgehead atoms. The Morgan fingerprint density at radius 3 is 2.67 bits per heavy atom. The number of hydrogen-bond acceptors (Lipinski definition) is 6. The van der Waals surface area contributed by atoms with Gasteiger partial charge in [0.1, 0.15) is 11.4 Å². The van der Waals surface area contributed by atoms with Crippen LogP contribution in [-0.4, -0.2) is 38.4 Å². The van der Waals surface area contributed by atoms with Gasteiger partial charge in [0.15, 0.2) is 0 Å². The van der Waals surface area contributed by atoms with Gasteiger partial charge >= 0.3 is 5.69 Å². The molecule has 8 heteroatoms. The topological polar surface area (TPSA) is 115 Å². The molecular formula is C13H15N5O3. The second kappa shape index (κ2) is 5.49. The van der Waals surface area contributed by atoms with E-state index < -0.39 is 11.2 Å². The molecule has 3 N–H and O–H groups in total. The molecular weight excluding hydrogens is 274 g/mol. The Labute approximate surface area is 119 Å². The molecule has 3 heterocycles. The largest absolute Gasteiger partial charge is 0.390 e. The molecule has 0 spiro atoms. The average molecular weight is 289 g/mol. The van der Waals surface area contributed by atoms with Crippen LogP contribution >= 0.6 is 0 Å². The maximum Gasteiger partial charge on any atom is 0.325 e. The summed E-state index contributed by atoms with van der Waals surface area (Å²) >= 11 is 0. The van der Waals surface area contributed by atoms with Gasteiger partial charge in [-0.2, -0.15) is 5.10 Å². The van der Waals surface area contributed by atoms with Crippen molar-refractivity contribution in [3.63, 3.8) is 0 Å². The number of hydrogen-bond donors (Lipinski definition) is 3. The third kappa shape index (κ3) is 2.57. The van der Waals surface area contributed by atoms with Crippen LogP contribution in [-0.2, 0) is 6.61 Å². The normalized spacial score (nSPS) is 14.6. The van der Waals surface area contributed by atoms with Crippen LogP contribution in [0.25, 0.3) is 11.3 Å². The summed E-state index contributed by atoms with van der Waals surface area (Å²) in [6, 6.07) is 1.73. The first-order chi connectivity index (χ1) is 10.2. The summed E-state index contributed by atoms with van der Waals surface area (Å²) in [6.45, 7) is 1.57. The lowest BCUT2D eigenvalue weighted by Gasteiger charge is -2.20. The van der Waals surface area contributed by atoms with Crippen LogP contribution in [0, 0.1) is 0 Å². The van der Waals surface area contributed by atoms with Gasteiger partial charge in [-0.25, -0.2) is 4.79 Å². The molecule has 0 atom stereocenters. The van der Waals surface area contributed by atoms with E-state index in [1.54, 1.807) is 6.07 Å². The second-order valence-corrected chi connectivity index (χ2v) is 4.90. The number of nitrogens with zero attached hydrogens (tertiary/aromatic N) is 3. The highest BCUT2D eigenvalue weighted by atomic mass is 16.3. The zero-order valence-electron chi connectivity index (χ0n) is 11.3. The number of aliphatic hydroxyl groups excluding tert-OH is 1. The van der Waals surface area contributed by atoms with E-state index in [4.69, 9.17) is 0 Å². The minimum absolute atomic E-state index is 0.207. The van der Waals surface area contributed by atoms with Crippen molar-refractivity contribution in [2.45, 2.75) is 19.4 Å². The van der Waals surface area contributed by atoms with Crippen LogP contribution < -0.4 is 16.1 Å². The number of anilines is 1. The quantitative estimate of drug-likeness (QED) is 0.709. The first-order valence-corrected chi connectivity index (χ1v) is 6.74. The maximum absolute atomic E-state index is 11.8. The third-order valence-electron chi connectivity index (χ3n) is 3.54. The Hall–Kier alpha value is -2.48. The maximum atomic E-state index is 11.8. The molecule has 21 heavy (non-hydrogen) atoms. The zero-order chi connectivity index (χ0) is 14.8. The highest BCUT2D eigenvalue weighted by Crippen LogP contribution is 2.26. The molecule has 0 aromatic carbocycles. The molecule has 0 saturated carbocycles. The van der Waals surface area contributed by atoms with E-state index in [9.17, 15) is 14.7 Å². The second-order valence-electron chi connectivity index (χ2n) is 4.90. The van der Waals surface area contributed by atoms with Crippen LogP contribution in [0.5, 0.6) is 0 Å². The molecule has 2 aromatic rings. The highest BCUT2D eigenvalue weighted by Gasteiger charge is 2.19. The number of H-pyrrole nitrogens is 2. The molecule has 3 rings (SSSR count). The number of nitrogens with one attached hydrogen (secondary N) is 2. The Morgan fingerprint density at radius 2 is 2.00 bits per heavy atom. The van der Waals surface area contributed by atoms with Crippen molar-refractivity contribution in [2.75, 3.05) is 18.0 Å². The number of aromatic nitrogens is 4. The predicted octanol–water partition coefficient (Wildman–Crippen LogP) is -0.387. The van der Waals surface area contributed by atoms with E-state index in [-0.39, 0.29) is 12.2 Å². The number of aromatic amines is 2. The summed E-state index contributed by atoms with van der Waals surface area (Å²) in [6.07, 6.45) is 3.49. The minimum Gasteiger partial charge on any atom is -0.390 e. The summed E-state index contributed by atoms with van der Waals surface area (Å²) in [5.41, 5.74) is 0.798. The molecule has 110 valence electrons. The Kier molecular flexibility index (Phi) is 3.53. The lowest BCUT2D eigenvalue weighted by atomic mass is 10.2. The molecule has 0 unspecified atom stereocenters. The van der Waals surface area contributed by atoms with Crippen molar-refractivity contribution in [2.24, 2.45) is 0 Å². The summed E-state index contributed by atoms with van der Waals surface area (Å²) in [5.74, 6) is 0. The molecule has 8 nitrogen and oxygen atoms in total. The summed E-state index contributed by atoms with van der Waals surface area (Å²) in [7, 11) is 0.